The van der Waals surface area contributed by atoms with Crippen LogP contribution >= 0.6 is 0 Å². The van der Waals surface area contributed by atoms with Gasteiger partial charge in [-0.2, -0.15) is 0 Å². The van der Waals surface area contributed by atoms with Crippen molar-refractivity contribution >= 4 is 28.8 Å². The lowest BCUT2D eigenvalue weighted by Crippen LogP contribution is -2.38. The minimum atomic E-state index is -0.476. The number of allylic oxidation sites excluding steroid dienone is 1. The van der Waals surface area contributed by atoms with Gasteiger partial charge in [0, 0.05) is 17.7 Å². The van der Waals surface area contributed by atoms with E-state index < -0.39 is 11.8 Å². The van der Waals surface area contributed by atoms with Crippen LogP contribution in [0.15, 0.2) is 86.0 Å². The molecule has 4 aromatic rings. The van der Waals surface area contributed by atoms with Crippen LogP contribution in [0.3, 0.4) is 0 Å². The number of nitrogens with zero attached hydrogens (tertiary/aromatic N) is 5. The van der Waals surface area contributed by atoms with Crippen LogP contribution in [-0.4, -0.2) is 31.3 Å². The Morgan fingerprint density at radius 1 is 0.903 bits per heavy atom. The Kier molecular flexibility index (Phi) is 5.93. The van der Waals surface area contributed by atoms with Crippen molar-refractivity contribution in [1.29, 1.82) is 0 Å². The van der Waals surface area contributed by atoms with Gasteiger partial charge in [0.1, 0.15) is 6.33 Å². The first-order chi connectivity index (χ1) is 15.2. The zero-order valence-electron chi connectivity index (χ0n) is 16.9. The summed E-state index contributed by atoms with van der Waals surface area (Å²) in [5.74, 6) is -0.790. The van der Waals surface area contributed by atoms with Crippen molar-refractivity contribution in [3.63, 3.8) is 0 Å². The topological polar surface area (TPSA) is 81.0 Å². The van der Waals surface area contributed by atoms with Gasteiger partial charge in [-0.1, -0.05) is 42.5 Å². The maximum absolute atomic E-state index is 13.4. The van der Waals surface area contributed by atoms with Crippen molar-refractivity contribution in [2.24, 2.45) is 0 Å². The van der Waals surface area contributed by atoms with E-state index in [0.717, 1.165) is 17.7 Å². The molecule has 0 N–H and O–H groups in total. The number of rotatable bonds is 7. The van der Waals surface area contributed by atoms with E-state index >= 15 is 0 Å². The number of hydrogen-bond acceptors (Lipinski definition) is 5. The normalized spacial score (nSPS) is 10.7. The molecule has 31 heavy (non-hydrogen) atoms. The molecule has 7 heteroatoms. The van der Waals surface area contributed by atoms with Crippen molar-refractivity contribution in [2.75, 3.05) is 4.90 Å². The second-order valence-electron chi connectivity index (χ2n) is 6.92. The molecule has 154 valence electrons. The highest BCUT2D eigenvalue weighted by molar-refractivity contribution is 6.27. The summed E-state index contributed by atoms with van der Waals surface area (Å²) in [6.45, 7) is 4.44. The van der Waals surface area contributed by atoms with Crippen molar-refractivity contribution in [3.05, 3.63) is 97.1 Å². The van der Waals surface area contributed by atoms with Gasteiger partial charge >= 0.3 is 0 Å². The Balaban J connectivity index is 1.82. The number of unbranched alkanes of at least 4 members (excludes halogenated alkanes) is 1. The summed E-state index contributed by atoms with van der Waals surface area (Å²) in [7, 11) is 0. The summed E-state index contributed by atoms with van der Waals surface area (Å²) in [5, 5.41) is 0. The van der Waals surface area contributed by atoms with Crippen LogP contribution in [0.5, 0.6) is 0 Å². The molecule has 4 rings (SSSR count). The van der Waals surface area contributed by atoms with Gasteiger partial charge in [-0.3, -0.25) is 9.59 Å². The highest BCUT2D eigenvalue weighted by Gasteiger charge is 2.30. The number of benzene rings is 2. The van der Waals surface area contributed by atoms with Crippen molar-refractivity contribution in [3.8, 4) is 0 Å². The van der Waals surface area contributed by atoms with Crippen LogP contribution < -0.4 is 4.90 Å². The number of fused-ring (bicyclic) bond motifs is 1. The molecular weight excluding hydrogens is 390 g/mol. The van der Waals surface area contributed by atoms with Crippen LogP contribution in [0.1, 0.15) is 33.6 Å². The first kappa shape index (κ1) is 20.2. The number of carbonyl (C=O) groups excluding carboxylic acids is 2. The van der Waals surface area contributed by atoms with Gasteiger partial charge in [0.25, 0.3) is 11.8 Å². The van der Waals surface area contributed by atoms with Crippen molar-refractivity contribution in [1.82, 2.24) is 19.5 Å². The molecule has 0 unspecified atom stereocenters. The van der Waals surface area contributed by atoms with Crippen LogP contribution in [0, 0.1) is 0 Å². The Hall–Kier alpha value is -4.13. The molecule has 0 fully saturated rings. The maximum Gasteiger partial charge on any atom is 0.266 e. The summed E-state index contributed by atoms with van der Waals surface area (Å²) < 4.78 is 1.89. The zero-order valence-corrected chi connectivity index (χ0v) is 16.9. The molecule has 7 nitrogen and oxygen atoms in total. The second-order valence-corrected chi connectivity index (χ2v) is 6.92. The molecule has 0 radical (unpaired) electrons. The number of hydrogen-bond donors (Lipinski definition) is 0. The Morgan fingerprint density at radius 3 is 2.10 bits per heavy atom. The van der Waals surface area contributed by atoms with E-state index in [1.165, 1.54) is 6.33 Å². The van der Waals surface area contributed by atoms with Crippen LogP contribution in [0.25, 0.3) is 11.2 Å². The molecule has 2 amide bonds. The lowest BCUT2D eigenvalue weighted by Gasteiger charge is -2.20. The first-order valence-corrected chi connectivity index (χ1v) is 9.96. The second kappa shape index (κ2) is 9.13. The quantitative estimate of drug-likeness (QED) is 0.258. The van der Waals surface area contributed by atoms with Crippen LogP contribution in [0.4, 0.5) is 5.82 Å². The molecule has 0 bridgehead atoms. The third kappa shape index (κ3) is 4.11. The summed E-state index contributed by atoms with van der Waals surface area (Å²) in [5.41, 5.74) is 1.73. The van der Waals surface area contributed by atoms with Crippen molar-refractivity contribution in [2.45, 2.75) is 19.4 Å². The Bertz CT molecular complexity index is 1170. The summed E-state index contributed by atoms with van der Waals surface area (Å²) in [6.07, 6.45) is 6.61. The SMILES string of the molecule is C=CCCCn1cnc2c(N(C(=O)c3ccccc3)C(=O)c3ccccc3)ncnc21. The zero-order chi connectivity index (χ0) is 21.6. The number of carbonyl (C=O) groups is 2. The largest absolute Gasteiger partial charge is 0.315 e. The third-order valence-electron chi connectivity index (χ3n) is 4.85. The highest BCUT2D eigenvalue weighted by Crippen LogP contribution is 2.25. The molecule has 2 aromatic heterocycles. The lowest BCUT2D eigenvalue weighted by atomic mass is 10.1. The molecule has 0 aliphatic carbocycles. The summed E-state index contributed by atoms with van der Waals surface area (Å²) in [6, 6.07) is 17.3. The van der Waals surface area contributed by atoms with E-state index in [9.17, 15) is 9.59 Å². The Labute approximate surface area is 179 Å². The van der Waals surface area contributed by atoms with Gasteiger partial charge < -0.3 is 4.57 Å². The van der Waals surface area contributed by atoms with Gasteiger partial charge in [0.2, 0.25) is 0 Å². The number of aryl methyl sites for hydroxylation is 1. The number of imide groups is 1. The van der Waals surface area contributed by atoms with Crippen LogP contribution in [-0.2, 0) is 6.54 Å². The molecule has 0 atom stereocenters. The van der Waals surface area contributed by atoms with E-state index in [1.807, 2.05) is 22.8 Å². The molecule has 0 spiro atoms. The average molecular weight is 411 g/mol. The molecule has 0 saturated heterocycles. The summed E-state index contributed by atoms with van der Waals surface area (Å²) >= 11 is 0. The van der Waals surface area contributed by atoms with E-state index in [1.54, 1.807) is 54.9 Å². The Morgan fingerprint density at radius 2 is 1.52 bits per heavy atom. The smallest absolute Gasteiger partial charge is 0.266 e. The molecule has 0 saturated carbocycles. The predicted octanol–water partition coefficient (Wildman–Crippen LogP) is 4.28. The molecule has 0 aliphatic rings. The van der Waals surface area contributed by atoms with Crippen molar-refractivity contribution < 1.29 is 9.59 Å². The fourth-order valence-corrected chi connectivity index (χ4v) is 3.31. The van der Waals surface area contributed by atoms with E-state index in [4.69, 9.17) is 0 Å². The number of imidazole rings is 1. The maximum atomic E-state index is 13.4. The van der Waals surface area contributed by atoms with Gasteiger partial charge in [0.15, 0.2) is 17.0 Å². The highest BCUT2D eigenvalue weighted by atomic mass is 16.2. The molecule has 2 aromatic carbocycles. The first-order valence-electron chi connectivity index (χ1n) is 9.96. The van der Waals surface area contributed by atoms with Gasteiger partial charge in [0.05, 0.1) is 6.33 Å². The molecule has 0 aliphatic heterocycles. The minimum absolute atomic E-state index is 0.162. The van der Waals surface area contributed by atoms with E-state index in [0.29, 0.717) is 28.8 Å². The monoisotopic (exact) mass is 411 g/mol. The average Bonchev–Trinajstić information content (AvgIpc) is 3.24. The molecular formula is C24H21N5O2. The van der Waals surface area contributed by atoms with E-state index in [2.05, 4.69) is 21.5 Å². The number of anilines is 1. The predicted molar refractivity (Wildman–Crippen MR) is 119 cm³/mol. The van der Waals surface area contributed by atoms with Gasteiger partial charge in [-0.05, 0) is 37.1 Å². The fraction of sp³-hybridized carbons (Fsp3) is 0.125. The minimum Gasteiger partial charge on any atom is -0.315 e. The molecule has 2 heterocycles. The number of amides is 2. The third-order valence-corrected chi connectivity index (χ3v) is 4.85. The summed E-state index contributed by atoms with van der Waals surface area (Å²) in [4.78, 5) is 41.0. The van der Waals surface area contributed by atoms with Gasteiger partial charge in [-0.15, -0.1) is 6.58 Å². The van der Waals surface area contributed by atoms with Gasteiger partial charge in [-0.25, -0.2) is 19.9 Å². The van der Waals surface area contributed by atoms with Crippen LogP contribution in [0.2, 0.25) is 0 Å². The fourth-order valence-electron chi connectivity index (χ4n) is 3.31. The van der Waals surface area contributed by atoms with E-state index in [-0.39, 0.29) is 5.82 Å². The lowest BCUT2D eigenvalue weighted by molar-refractivity contribution is 0.0897. The number of aromatic nitrogens is 4. The standard InChI is InChI=1S/C24H21N5O2/c1-2-3-10-15-28-17-27-20-21(28)25-16-26-22(20)29(23(30)18-11-6-4-7-12-18)24(31)19-13-8-5-9-14-19/h2,4-9,11-14,16-17H,1,3,10,15H2.